The fourth-order valence-corrected chi connectivity index (χ4v) is 1.67. The number of nitrogens with zero attached hydrogens (tertiary/aromatic N) is 1. The Morgan fingerprint density at radius 2 is 2.26 bits per heavy atom. The number of aromatic carboxylic acids is 1. The number of rotatable bonds is 3. The van der Waals surface area contributed by atoms with Gasteiger partial charge in [0.1, 0.15) is 11.4 Å². The summed E-state index contributed by atoms with van der Waals surface area (Å²) in [4.78, 5) is 18.0. The lowest BCUT2D eigenvalue weighted by molar-refractivity contribution is 0.0691. The number of hydrogen-bond acceptors (Lipinski definition) is 2. The van der Waals surface area contributed by atoms with Gasteiger partial charge in [0.15, 0.2) is 0 Å². The molecule has 0 fully saturated rings. The van der Waals surface area contributed by atoms with Crippen LogP contribution in [0, 0.1) is 11.8 Å². The molecule has 2 aromatic heterocycles. The highest BCUT2D eigenvalue weighted by molar-refractivity contribution is 5.87. The molecule has 2 rings (SSSR count). The summed E-state index contributed by atoms with van der Waals surface area (Å²) in [5, 5.41) is 8.91. The molecule has 0 atom stereocenters. The minimum atomic E-state index is -0.978. The molecular weight excluding hydrogens is 240 g/mol. The summed E-state index contributed by atoms with van der Waals surface area (Å²) in [7, 11) is 0. The van der Waals surface area contributed by atoms with Gasteiger partial charge in [-0.25, -0.2) is 9.78 Å². The van der Waals surface area contributed by atoms with Crippen molar-refractivity contribution in [3.05, 3.63) is 41.9 Å². The Morgan fingerprint density at radius 3 is 2.95 bits per heavy atom. The number of aromatic amines is 1. The van der Waals surface area contributed by atoms with E-state index in [0.29, 0.717) is 11.4 Å². The molecule has 0 aliphatic rings. The molecule has 0 aliphatic heterocycles. The molecule has 0 spiro atoms. The van der Waals surface area contributed by atoms with E-state index in [4.69, 9.17) is 5.11 Å². The average molecular weight is 254 g/mol. The number of nitrogens with one attached hydrogen (secondary N) is 1. The van der Waals surface area contributed by atoms with Gasteiger partial charge in [-0.2, -0.15) is 0 Å². The van der Waals surface area contributed by atoms with Gasteiger partial charge in [-0.05, 0) is 36.6 Å². The van der Waals surface area contributed by atoms with Crippen LogP contribution < -0.4 is 0 Å². The predicted octanol–water partition coefficient (Wildman–Crippen LogP) is 2.93. The van der Waals surface area contributed by atoms with E-state index in [1.807, 2.05) is 12.1 Å². The molecule has 0 bridgehead atoms. The molecule has 0 saturated carbocycles. The number of carboxylic acid groups (broad SMARTS) is 1. The van der Waals surface area contributed by atoms with Gasteiger partial charge in [-0.15, -0.1) is 0 Å². The number of aromatic nitrogens is 2. The maximum Gasteiger partial charge on any atom is 0.352 e. The summed E-state index contributed by atoms with van der Waals surface area (Å²) in [5.41, 5.74) is 2.35. The summed E-state index contributed by atoms with van der Waals surface area (Å²) < 4.78 is 0. The number of carboxylic acids is 1. The predicted molar refractivity (Wildman–Crippen MR) is 72.8 cm³/mol. The van der Waals surface area contributed by atoms with Crippen LogP contribution in [0.2, 0.25) is 0 Å². The summed E-state index contributed by atoms with van der Waals surface area (Å²) in [6.45, 7) is 2.07. The molecule has 0 unspecified atom stereocenters. The van der Waals surface area contributed by atoms with Gasteiger partial charge in [-0.3, -0.25) is 0 Å². The first kappa shape index (κ1) is 12.9. The van der Waals surface area contributed by atoms with E-state index in [1.165, 1.54) is 6.07 Å². The van der Waals surface area contributed by atoms with Crippen molar-refractivity contribution in [3.8, 4) is 23.1 Å². The summed E-state index contributed by atoms with van der Waals surface area (Å²) in [6.07, 6.45) is 3.50. The summed E-state index contributed by atoms with van der Waals surface area (Å²) >= 11 is 0. The molecule has 0 aromatic carbocycles. The zero-order valence-electron chi connectivity index (χ0n) is 10.6. The summed E-state index contributed by atoms with van der Waals surface area (Å²) in [5.74, 6) is 5.09. The van der Waals surface area contributed by atoms with Gasteiger partial charge in [0, 0.05) is 23.9 Å². The third-order valence-corrected chi connectivity index (χ3v) is 2.60. The second-order valence-corrected chi connectivity index (χ2v) is 4.04. The van der Waals surface area contributed by atoms with E-state index in [0.717, 1.165) is 18.4 Å². The zero-order valence-corrected chi connectivity index (χ0v) is 10.6. The van der Waals surface area contributed by atoms with E-state index in [2.05, 4.69) is 28.7 Å². The van der Waals surface area contributed by atoms with Crippen LogP contribution in [0.25, 0.3) is 11.3 Å². The van der Waals surface area contributed by atoms with Crippen molar-refractivity contribution in [3.63, 3.8) is 0 Å². The van der Waals surface area contributed by atoms with Crippen molar-refractivity contribution < 1.29 is 9.90 Å². The highest BCUT2D eigenvalue weighted by Crippen LogP contribution is 2.21. The van der Waals surface area contributed by atoms with E-state index >= 15 is 0 Å². The highest BCUT2D eigenvalue weighted by atomic mass is 16.4. The van der Waals surface area contributed by atoms with Crippen molar-refractivity contribution in [1.82, 2.24) is 9.97 Å². The Hall–Kier alpha value is -2.54. The van der Waals surface area contributed by atoms with E-state index < -0.39 is 5.97 Å². The Balaban J connectivity index is 2.39. The molecule has 19 heavy (non-hydrogen) atoms. The maximum atomic E-state index is 10.9. The first-order valence-electron chi connectivity index (χ1n) is 6.09. The maximum absolute atomic E-state index is 10.9. The molecular formula is C15H14N2O2. The minimum Gasteiger partial charge on any atom is -0.477 e. The smallest absolute Gasteiger partial charge is 0.352 e. The topological polar surface area (TPSA) is 66.0 Å². The molecule has 0 aliphatic carbocycles. The zero-order chi connectivity index (χ0) is 13.7. The fraction of sp³-hybridized carbons (Fsp3) is 0.200. The minimum absolute atomic E-state index is 0.159. The standard InChI is InChI=1S/C15H14N2O2/c1-2-3-4-7-12-11(6-5-10-16-12)13-8-9-14(17-13)15(18)19/h5-6,8-10,17H,2-3H2,1H3,(H,18,19). The van der Waals surface area contributed by atoms with Crippen LogP contribution >= 0.6 is 0 Å². The Labute approximate surface area is 111 Å². The van der Waals surface area contributed by atoms with Gasteiger partial charge in [0.25, 0.3) is 0 Å². The number of unbranched alkanes of at least 4 members (excludes halogenated alkanes) is 1. The lowest BCUT2D eigenvalue weighted by atomic mass is 10.1. The molecule has 0 amide bonds. The lowest BCUT2D eigenvalue weighted by Crippen LogP contribution is -1.96. The highest BCUT2D eigenvalue weighted by Gasteiger charge is 2.09. The first-order chi connectivity index (χ1) is 9.22. The molecule has 0 radical (unpaired) electrons. The fourth-order valence-electron chi connectivity index (χ4n) is 1.67. The van der Waals surface area contributed by atoms with Gasteiger partial charge in [0.05, 0.1) is 0 Å². The van der Waals surface area contributed by atoms with Crippen molar-refractivity contribution >= 4 is 5.97 Å². The second-order valence-electron chi connectivity index (χ2n) is 4.04. The number of hydrogen-bond donors (Lipinski definition) is 2. The molecule has 96 valence electrons. The number of H-pyrrole nitrogens is 1. The largest absolute Gasteiger partial charge is 0.477 e. The molecule has 2 N–H and O–H groups in total. The second kappa shape index (κ2) is 5.87. The Morgan fingerprint density at radius 1 is 1.42 bits per heavy atom. The third kappa shape index (κ3) is 3.02. The van der Waals surface area contributed by atoms with Crippen molar-refractivity contribution in [2.24, 2.45) is 0 Å². The Kier molecular flexibility index (Phi) is 3.99. The number of pyridine rings is 1. The summed E-state index contributed by atoms with van der Waals surface area (Å²) in [6, 6.07) is 6.95. The van der Waals surface area contributed by atoms with Crippen LogP contribution in [0.3, 0.4) is 0 Å². The quantitative estimate of drug-likeness (QED) is 0.827. The SMILES string of the molecule is CCCC#Cc1ncccc1-c1ccc(C(=O)O)[nH]1. The molecule has 4 nitrogen and oxygen atoms in total. The van der Waals surface area contributed by atoms with Crippen molar-refractivity contribution in [2.45, 2.75) is 19.8 Å². The van der Waals surface area contributed by atoms with Crippen LogP contribution in [0.1, 0.15) is 35.9 Å². The monoisotopic (exact) mass is 254 g/mol. The van der Waals surface area contributed by atoms with E-state index in [1.54, 1.807) is 12.3 Å². The molecule has 0 saturated heterocycles. The van der Waals surface area contributed by atoms with Crippen LogP contribution in [0.15, 0.2) is 30.5 Å². The van der Waals surface area contributed by atoms with Crippen LogP contribution in [0.4, 0.5) is 0 Å². The molecule has 4 heteroatoms. The average Bonchev–Trinajstić information content (AvgIpc) is 2.89. The van der Waals surface area contributed by atoms with Gasteiger partial charge in [0.2, 0.25) is 0 Å². The lowest BCUT2D eigenvalue weighted by Gasteiger charge is -2.00. The van der Waals surface area contributed by atoms with E-state index in [9.17, 15) is 4.79 Å². The van der Waals surface area contributed by atoms with Gasteiger partial charge in [-0.1, -0.05) is 12.8 Å². The van der Waals surface area contributed by atoms with E-state index in [-0.39, 0.29) is 5.69 Å². The van der Waals surface area contributed by atoms with Crippen molar-refractivity contribution in [1.29, 1.82) is 0 Å². The third-order valence-electron chi connectivity index (χ3n) is 2.60. The Bertz CT molecular complexity index is 647. The first-order valence-corrected chi connectivity index (χ1v) is 6.09. The van der Waals surface area contributed by atoms with Crippen LogP contribution in [-0.4, -0.2) is 21.0 Å². The normalized spacial score (nSPS) is 9.74. The van der Waals surface area contributed by atoms with Gasteiger partial charge < -0.3 is 10.1 Å². The molecule has 2 heterocycles. The van der Waals surface area contributed by atoms with Crippen molar-refractivity contribution in [2.75, 3.05) is 0 Å². The number of carbonyl (C=O) groups is 1. The molecule has 2 aromatic rings. The van der Waals surface area contributed by atoms with Crippen LogP contribution in [0.5, 0.6) is 0 Å². The van der Waals surface area contributed by atoms with Crippen LogP contribution in [-0.2, 0) is 0 Å². The van der Waals surface area contributed by atoms with Gasteiger partial charge >= 0.3 is 5.97 Å².